The van der Waals surface area contributed by atoms with Gasteiger partial charge >= 0.3 is 0 Å². The Morgan fingerprint density at radius 3 is 2.70 bits per heavy atom. The lowest BCUT2D eigenvalue weighted by atomic mass is 10.2. The summed E-state index contributed by atoms with van der Waals surface area (Å²) in [6, 6.07) is 8.69. The van der Waals surface area contributed by atoms with Crippen LogP contribution in [0.4, 0.5) is 0 Å². The molecule has 0 saturated carbocycles. The van der Waals surface area contributed by atoms with Crippen LogP contribution in [0.2, 0.25) is 0 Å². The standard InChI is InChI=1S/C14H12BrN3O2/c1-3-13-17-12(15)7-14(18-13)20-10-5-4-9(8-16)6-11(10)19-2/h4-7H,3H2,1-2H3. The van der Waals surface area contributed by atoms with Crippen molar-refractivity contribution in [1.82, 2.24) is 9.97 Å². The largest absolute Gasteiger partial charge is 0.493 e. The highest BCUT2D eigenvalue weighted by atomic mass is 79.9. The van der Waals surface area contributed by atoms with Crippen LogP contribution in [0.15, 0.2) is 28.9 Å². The van der Waals surface area contributed by atoms with E-state index in [1.54, 1.807) is 24.3 Å². The predicted molar refractivity (Wildman–Crippen MR) is 76.9 cm³/mol. The Labute approximate surface area is 125 Å². The van der Waals surface area contributed by atoms with Gasteiger partial charge < -0.3 is 9.47 Å². The fourth-order valence-corrected chi connectivity index (χ4v) is 1.99. The van der Waals surface area contributed by atoms with Crippen LogP contribution >= 0.6 is 15.9 Å². The Hall–Kier alpha value is -2.13. The molecule has 0 saturated heterocycles. The average Bonchev–Trinajstić information content (AvgIpc) is 2.47. The van der Waals surface area contributed by atoms with Gasteiger partial charge in [0.25, 0.3) is 0 Å². The van der Waals surface area contributed by atoms with Crippen LogP contribution in [0.5, 0.6) is 17.4 Å². The lowest BCUT2D eigenvalue weighted by Gasteiger charge is -2.10. The quantitative estimate of drug-likeness (QED) is 0.801. The molecule has 102 valence electrons. The highest BCUT2D eigenvalue weighted by Crippen LogP contribution is 2.32. The van der Waals surface area contributed by atoms with E-state index in [0.29, 0.717) is 39.8 Å². The Morgan fingerprint density at radius 2 is 2.05 bits per heavy atom. The Balaban J connectivity index is 2.34. The van der Waals surface area contributed by atoms with E-state index in [1.807, 2.05) is 6.92 Å². The molecule has 0 aliphatic heterocycles. The summed E-state index contributed by atoms with van der Waals surface area (Å²) in [5, 5.41) is 8.87. The number of benzene rings is 1. The zero-order valence-electron chi connectivity index (χ0n) is 11.1. The second kappa shape index (κ2) is 6.35. The van der Waals surface area contributed by atoms with Crippen molar-refractivity contribution >= 4 is 15.9 Å². The molecule has 0 aliphatic carbocycles. The molecule has 0 spiro atoms. The molecule has 1 aromatic heterocycles. The van der Waals surface area contributed by atoms with E-state index in [-0.39, 0.29) is 0 Å². The third-order valence-electron chi connectivity index (χ3n) is 2.54. The smallest absolute Gasteiger partial charge is 0.223 e. The maximum Gasteiger partial charge on any atom is 0.223 e. The zero-order valence-corrected chi connectivity index (χ0v) is 12.6. The SMILES string of the molecule is CCc1nc(Br)cc(Oc2ccc(C#N)cc2OC)n1. The third-order valence-corrected chi connectivity index (χ3v) is 2.95. The molecule has 0 aliphatic rings. The fraction of sp³-hybridized carbons (Fsp3) is 0.214. The summed E-state index contributed by atoms with van der Waals surface area (Å²) in [6.07, 6.45) is 0.709. The van der Waals surface area contributed by atoms with Gasteiger partial charge in [-0.05, 0) is 28.1 Å². The van der Waals surface area contributed by atoms with Crippen molar-refractivity contribution in [2.24, 2.45) is 0 Å². The zero-order chi connectivity index (χ0) is 14.5. The van der Waals surface area contributed by atoms with Crippen LogP contribution < -0.4 is 9.47 Å². The molecule has 0 unspecified atom stereocenters. The minimum atomic E-state index is 0.423. The Kier molecular flexibility index (Phi) is 4.53. The van der Waals surface area contributed by atoms with Gasteiger partial charge in [-0.2, -0.15) is 10.2 Å². The molecule has 20 heavy (non-hydrogen) atoms. The van der Waals surface area contributed by atoms with Gasteiger partial charge in [0.15, 0.2) is 11.5 Å². The number of hydrogen-bond donors (Lipinski definition) is 0. The van der Waals surface area contributed by atoms with Gasteiger partial charge in [-0.3, -0.25) is 0 Å². The summed E-state index contributed by atoms with van der Waals surface area (Å²) in [4.78, 5) is 8.50. The van der Waals surface area contributed by atoms with Crippen LogP contribution in [0.3, 0.4) is 0 Å². The number of aromatic nitrogens is 2. The number of aryl methyl sites for hydroxylation is 1. The molecular formula is C14H12BrN3O2. The van der Waals surface area contributed by atoms with Crippen LogP contribution in [0.25, 0.3) is 0 Å². The number of nitrogens with zero attached hydrogens (tertiary/aromatic N) is 3. The van der Waals surface area contributed by atoms with E-state index >= 15 is 0 Å². The van der Waals surface area contributed by atoms with Crippen molar-refractivity contribution in [3.63, 3.8) is 0 Å². The summed E-state index contributed by atoms with van der Waals surface area (Å²) < 4.78 is 11.6. The number of methoxy groups -OCH3 is 1. The molecule has 0 N–H and O–H groups in total. The summed E-state index contributed by atoms with van der Waals surface area (Å²) in [6.45, 7) is 1.97. The lowest BCUT2D eigenvalue weighted by molar-refractivity contribution is 0.373. The van der Waals surface area contributed by atoms with Gasteiger partial charge in [0.05, 0.1) is 18.7 Å². The maximum absolute atomic E-state index is 8.87. The molecule has 0 amide bonds. The van der Waals surface area contributed by atoms with Crippen molar-refractivity contribution in [2.45, 2.75) is 13.3 Å². The second-order valence-electron chi connectivity index (χ2n) is 3.88. The molecule has 2 aromatic rings. The molecule has 6 heteroatoms. The average molecular weight is 334 g/mol. The first-order chi connectivity index (χ1) is 9.66. The first-order valence-electron chi connectivity index (χ1n) is 5.95. The van der Waals surface area contributed by atoms with E-state index in [1.165, 1.54) is 7.11 Å². The van der Waals surface area contributed by atoms with E-state index in [9.17, 15) is 0 Å². The summed E-state index contributed by atoms with van der Waals surface area (Å²) in [5.41, 5.74) is 0.507. The van der Waals surface area contributed by atoms with E-state index in [4.69, 9.17) is 14.7 Å². The predicted octanol–water partition coefficient (Wildman–Crippen LogP) is 3.47. The molecule has 5 nitrogen and oxygen atoms in total. The lowest BCUT2D eigenvalue weighted by Crippen LogP contribution is -1.98. The summed E-state index contributed by atoms with van der Waals surface area (Å²) in [5.74, 6) is 2.09. The van der Waals surface area contributed by atoms with Gasteiger partial charge in [0.2, 0.25) is 5.88 Å². The third kappa shape index (κ3) is 3.25. The van der Waals surface area contributed by atoms with E-state index in [2.05, 4.69) is 32.0 Å². The van der Waals surface area contributed by atoms with E-state index < -0.39 is 0 Å². The Morgan fingerprint density at radius 1 is 1.25 bits per heavy atom. The Bertz CT molecular complexity index is 668. The van der Waals surface area contributed by atoms with Crippen molar-refractivity contribution in [3.05, 3.63) is 40.3 Å². The van der Waals surface area contributed by atoms with Gasteiger partial charge in [-0.25, -0.2) is 4.98 Å². The number of rotatable bonds is 4. The maximum atomic E-state index is 8.87. The molecule has 2 rings (SSSR count). The van der Waals surface area contributed by atoms with Crippen molar-refractivity contribution in [3.8, 4) is 23.4 Å². The monoisotopic (exact) mass is 333 g/mol. The number of nitriles is 1. The molecule has 0 atom stereocenters. The molecule has 0 radical (unpaired) electrons. The van der Waals surface area contributed by atoms with Gasteiger partial charge in [0.1, 0.15) is 10.4 Å². The number of halogens is 1. The van der Waals surface area contributed by atoms with E-state index in [0.717, 1.165) is 0 Å². The van der Waals surface area contributed by atoms with Crippen LogP contribution in [-0.4, -0.2) is 17.1 Å². The number of ether oxygens (including phenoxy) is 2. The summed E-state index contributed by atoms with van der Waals surface area (Å²) in [7, 11) is 1.52. The molecule has 0 bridgehead atoms. The van der Waals surface area contributed by atoms with Crippen molar-refractivity contribution in [2.75, 3.05) is 7.11 Å². The second-order valence-corrected chi connectivity index (χ2v) is 4.69. The molecule has 1 aromatic carbocycles. The van der Waals surface area contributed by atoms with Crippen LogP contribution in [0, 0.1) is 11.3 Å². The molecular weight excluding hydrogens is 322 g/mol. The van der Waals surface area contributed by atoms with Gasteiger partial charge in [0, 0.05) is 18.6 Å². The van der Waals surface area contributed by atoms with Gasteiger partial charge in [-0.15, -0.1) is 0 Å². The minimum Gasteiger partial charge on any atom is -0.493 e. The van der Waals surface area contributed by atoms with Crippen molar-refractivity contribution in [1.29, 1.82) is 5.26 Å². The molecule has 1 heterocycles. The number of hydrogen-bond acceptors (Lipinski definition) is 5. The highest BCUT2D eigenvalue weighted by molar-refractivity contribution is 9.10. The molecule has 0 fully saturated rings. The summed E-state index contributed by atoms with van der Waals surface area (Å²) >= 11 is 3.32. The normalized spacial score (nSPS) is 9.90. The van der Waals surface area contributed by atoms with Crippen LogP contribution in [-0.2, 0) is 6.42 Å². The topological polar surface area (TPSA) is 68.0 Å². The van der Waals surface area contributed by atoms with Crippen LogP contribution in [0.1, 0.15) is 18.3 Å². The fourth-order valence-electron chi connectivity index (χ4n) is 1.59. The highest BCUT2D eigenvalue weighted by Gasteiger charge is 2.09. The van der Waals surface area contributed by atoms with Crippen molar-refractivity contribution < 1.29 is 9.47 Å². The first kappa shape index (κ1) is 14.3. The minimum absolute atomic E-state index is 0.423. The first-order valence-corrected chi connectivity index (χ1v) is 6.75. The van der Waals surface area contributed by atoms with Gasteiger partial charge in [-0.1, -0.05) is 6.92 Å².